The molecule has 1 saturated heterocycles. The monoisotopic (exact) mass is 287 g/mol. The molecule has 0 saturated carbocycles. The number of ether oxygens (including phenoxy) is 1. The summed E-state index contributed by atoms with van der Waals surface area (Å²) in [5.41, 5.74) is 2.35. The summed E-state index contributed by atoms with van der Waals surface area (Å²) in [4.78, 5) is 4.78. The van der Waals surface area contributed by atoms with Crippen molar-refractivity contribution in [2.45, 2.75) is 45.3 Å². The van der Waals surface area contributed by atoms with Crippen molar-refractivity contribution in [1.29, 1.82) is 0 Å². The Morgan fingerprint density at radius 2 is 2.10 bits per heavy atom. The second-order valence-electron chi connectivity index (χ2n) is 5.74. The van der Waals surface area contributed by atoms with E-state index in [-0.39, 0.29) is 0 Å². The molecule has 1 aliphatic heterocycles. The third-order valence-corrected chi connectivity index (χ3v) is 4.15. The van der Waals surface area contributed by atoms with Gasteiger partial charge in [0.25, 0.3) is 0 Å². The van der Waals surface area contributed by atoms with E-state index in [2.05, 4.69) is 41.1 Å². The van der Waals surface area contributed by atoms with Gasteiger partial charge in [0.1, 0.15) is 5.82 Å². The Hall–Kier alpha value is -1.39. The standard InChI is InChI=1S/C17H25N3O/c1-2-12-20-16-6-4-3-5-15(16)19-17(20)9-13-21-14-7-10-18-11-8-14/h3-6,14,18H,2,7-13H2,1H3. The molecule has 3 rings (SSSR count). The lowest BCUT2D eigenvalue weighted by Gasteiger charge is -2.22. The number of piperidine rings is 1. The predicted octanol–water partition coefficient (Wildman–Crippen LogP) is 2.76. The minimum Gasteiger partial charge on any atom is -0.378 e. The number of hydrogen-bond donors (Lipinski definition) is 1. The Morgan fingerprint density at radius 3 is 2.90 bits per heavy atom. The highest BCUT2D eigenvalue weighted by molar-refractivity contribution is 5.75. The molecule has 0 radical (unpaired) electrons. The molecular formula is C17H25N3O. The van der Waals surface area contributed by atoms with E-state index in [9.17, 15) is 0 Å². The molecule has 0 unspecified atom stereocenters. The summed E-state index contributed by atoms with van der Waals surface area (Å²) >= 11 is 0. The molecule has 0 spiro atoms. The van der Waals surface area contributed by atoms with Crippen LogP contribution in [0, 0.1) is 0 Å². The smallest absolute Gasteiger partial charge is 0.112 e. The van der Waals surface area contributed by atoms with Crippen LogP contribution in [0.5, 0.6) is 0 Å². The molecule has 0 bridgehead atoms. The number of aryl methyl sites for hydroxylation is 1. The van der Waals surface area contributed by atoms with Crippen LogP contribution >= 0.6 is 0 Å². The number of aromatic nitrogens is 2. The number of fused-ring (bicyclic) bond motifs is 1. The summed E-state index contributed by atoms with van der Waals surface area (Å²) in [5, 5.41) is 3.37. The van der Waals surface area contributed by atoms with E-state index in [4.69, 9.17) is 9.72 Å². The number of hydrogen-bond acceptors (Lipinski definition) is 3. The molecule has 4 nitrogen and oxygen atoms in total. The Balaban J connectivity index is 1.66. The van der Waals surface area contributed by atoms with Crippen molar-refractivity contribution in [2.24, 2.45) is 0 Å². The van der Waals surface area contributed by atoms with Gasteiger partial charge in [0.15, 0.2) is 0 Å². The second kappa shape index (κ2) is 7.05. The van der Waals surface area contributed by atoms with Gasteiger partial charge in [-0.15, -0.1) is 0 Å². The van der Waals surface area contributed by atoms with E-state index >= 15 is 0 Å². The van der Waals surface area contributed by atoms with Crippen molar-refractivity contribution >= 4 is 11.0 Å². The van der Waals surface area contributed by atoms with Crippen LogP contribution in [0.15, 0.2) is 24.3 Å². The van der Waals surface area contributed by atoms with Gasteiger partial charge in [0, 0.05) is 13.0 Å². The zero-order valence-corrected chi connectivity index (χ0v) is 12.8. The molecule has 21 heavy (non-hydrogen) atoms. The van der Waals surface area contributed by atoms with Crippen LogP contribution in [0.2, 0.25) is 0 Å². The molecular weight excluding hydrogens is 262 g/mol. The van der Waals surface area contributed by atoms with Crippen molar-refractivity contribution in [1.82, 2.24) is 14.9 Å². The summed E-state index contributed by atoms with van der Waals surface area (Å²) in [5.74, 6) is 1.16. The summed E-state index contributed by atoms with van der Waals surface area (Å²) in [6.07, 6.45) is 4.72. The third-order valence-electron chi connectivity index (χ3n) is 4.15. The zero-order valence-electron chi connectivity index (χ0n) is 12.8. The van der Waals surface area contributed by atoms with Gasteiger partial charge >= 0.3 is 0 Å². The molecule has 1 fully saturated rings. The van der Waals surface area contributed by atoms with Crippen LogP contribution in [-0.2, 0) is 17.7 Å². The number of nitrogens with one attached hydrogen (secondary N) is 1. The molecule has 2 heterocycles. The highest BCUT2D eigenvalue weighted by atomic mass is 16.5. The Kier molecular flexibility index (Phi) is 4.88. The number of imidazole rings is 1. The molecule has 114 valence electrons. The van der Waals surface area contributed by atoms with E-state index in [0.717, 1.165) is 63.3 Å². The topological polar surface area (TPSA) is 39.1 Å². The quantitative estimate of drug-likeness (QED) is 0.888. The lowest BCUT2D eigenvalue weighted by molar-refractivity contribution is 0.0339. The summed E-state index contributed by atoms with van der Waals surface area (Å²) in [7, 11) is 0. The van der Waals surface area contributed by atoms with Crippen LogP contribution in [0.1, 0.15) is 32.0 Å². The van der Waals surface area contributed by atoms with Gasteiger partial charge < -0.3 is 14.6 Å². The van der Waals surface area contributed by atoms with E-state index in [1.165, 1.54) is 5.52 Å². The SMILES string of the molecule is CCCn1c(CCOC2CCNCC2)nc2ccccc21. The fourth-order valence-electron chi connectivity index (χ4n) is 3.07. The third kappa shape index (κ3) is 3.44. The fourth-order valence-corrected chi connectivity index (χ4v) is 3.07. The highest BCUT2D eigenvalue weighted by Gasteiger charge is 2.14. The van der Waals surface area contributed by atoms with Gasteiger partial charge in [-0.25, -0.2) is 4.98 Å². The largest absolute Gasteiger partial charge is 0.378 e. The van der Waals surface area contributed by atoms with Crippen LogP contribution < -0.4 is 5.32 Å². The van der Waals surface area contributed by atoms with Crippen molar-refractivity contribution in [2.75, 3.05) is 19.7 Å². The molecule has 2 aromatic rings. The van der Waals surface area contributed by atoms with Crippen molar-refractivity contribution in [3.63, 3.8) is 0 Å². The molecule has 0 aliphatic carbocycles. The van der Waals surface area contributed by atoms with Crippen LogP contribution in [-0.4, -0.2) is 35.4 Å². The summed E-state index contributed by atoms with van der Waals surface area (Å²) < 4.78 is 8.37. The molecule has 1 aromatic carbocycles. The van der Waals surface area contributed by atoms with Gasteiger partial charge in [-0.05, 0) is 44.5 Å². The maximum atomic E-state index is 6.02. The Morgan fingerprint density at radius 1 is 1.29 bits per heavy atom. The first-order valence-electron chi connectivity index (χ1n) is 8.15. The first kappa shape index (κ1) is 14.5. The summed E-state index contributed by atoms with van der Waals surface area (Å²) in [6, 6.07) is 8.40. The maximum Gasteiger partial charge on any atom is 0.112 e. The van der Waals surface area contributed by atoms with Gasteiger partial charge in [-0.2, -0.15) is 0 Å². The molecule has 1 N–H and O–H groups in total. The molecule has 1 aliphatic rings. The second-order valence-corrected chi connectivity index (χ2v) is 5.74. The average molecular weight is 287 g/mol. The lowest BCUT2D eigenvalue weighted by Crippen LogP contribution is -2.32. The molecule has 1 aromatic heterocycles. The van der Waals surface area contributed by atoms with Gasteiger partial charge in [-0.1, -0.05) is 19.1 Å². The lowest BCUT2D eigenvalue weighted by atomic mass is 10.1. The van der Waals surface area contributed by atoms with Crippen LogP contribution in [0.4, 0.5) is 0 Å². The number of nitrogens with zero attached hydrogens (tertiary/aromatic N) is 2. The molecule has 0 atom stereocenters. The van der Waals surface area contributed by atoms with Crippen molar-refractivity contribution in [3.05, 3.63) is 30.1 Å². The van der Waals surface area contributed by atoms with Gasteiger partial charge in [0.2, 0.25) is 0 Å². The maximum absolute atomic E-state index is 6.02. The molecule has 0 amide bonds. The minimum atomic E-state index is 0.426. The minimum absolute atomic E-state index is 0.426. The zero-order chi connectivity index (χ0) is 14.5. The van der Waals surface area contributed by atoms with E-state index in [0.29, 0.717) is 6.10 Å². The van der Waals surface area contributed by atoms with Gasteiger partial charge in [0.05, 0.1) is 23.7 Å². The molecule has 4 heteroatoms. The van der Waals surface area contributed by atoms with Crippen molar-refractivity contribution in [3.8, 4) is 0 Å². The Bertz CT molecular complexity index is 572. The van der Waals surface area contributed by atoms with Crippen LogP contribution in [0.25, 0.3) is 11.0 Å². The van der Waals surface area contributed by atoms with Crippen molar-refractivity contribution < 1.29 is 4.74 Å². The van der Waals surface area contributed by atoms with Gasteiger partial charge in [-0.3, -0.25) is 0 Å². The Labute approximate surface area is 126 Å². The number of benzene rings is 1. The first-order chi connectivity index (χ1) is 10.4. The fraction of sp³-hybridized carbons (Fsp3) is 0.588. The van der Waals surface area contributed by atoms with E-state index in [1.54, 1.807) is 0 Å². The normalized spacial score (nSPS) is 16.6. The average Bonchev–Trinajstić information content (AvgIpc) is 2.87. The number of para-hydroxylation sites is 2. The van der Waals surface area contributed by atoms with Crippen LogP contribution in [0.3, 0.4) is 0 Å². The van der Waals surface area contributed by atoms with E-state index in [1.807, 2.05) is 0 Å². The first-order valence-corrected chi connectivity index (χ1v) is 8.15. The number of rotatable bonds is 6. The summed E-state index contributed by atoms with van der Waals surface area (Å²) in [6.45, 7) is 6.18. The predicted molar refractivity (Wildman–Crippen MR) is 85.6 cm³/mol. The highest BCUT2D eigenvalue weighted by Crippen LogP contribution is 2.17. The van der Waals surface area contributed by atoms with E-state index < -0.39 is 0 Å².